The van der Waals surface area contributed by atoms with Gasteiger partial charge in [-0.3, -0.25) is 4.79 Å². The normalized spacial score (nSPS) is 30.2. The maximum Gasteiger partial charge on any atom is 0.220 e. The molecule has 6 heteroatoms. The van der Waals surface area contributed by atoms with Gasteiger partial charge in [0.1, 0.15) is 0 Å². The number of nitrogens with one attached hydrogen (secondary N) is 1. The molecule has 2 saturated carbocycles. The van der Waals surface area contributed by atoms with Crippen LogP contribution in [0.1, 0.15) is 57.2 Å². The second-order valence-electron chi connectivity index (χ2n) is 6.96. The highest BCUT2D eigenvalue weighted by Crippen LogP contribution is 2.48. The molecule has 0 radical (unpaired) electrons. The van der Waals surface area contributed by atoms with Gasteiger partial charge in [-0.05, 0) is 31.1 Å². The molecule has 0 aliphatic heterocycles. The predicted molar refractivity (Wildman–Crippen MR) is 80.0 cm³/mol. The SMILES string of the molecule is CC(C)c1nnc(CCC(=O)NC2C3CCC(C3)C2CO)o1. The number of aryl methyl sites for hydroxylation is 1. The monoisotopic (exact) mass is 307 g/mol. The summed E-state index contributed by atoms with van der Waals surface area (Å²) < 4.78 is 5.51. The Labute approximate surface area is 130 Å². The minimum Gasteiger partial charge on any atom is -0.425 e. The third-order valence-electron chi connectivity index (χ3n) is 5.17. The molecule has 4 atom stereocenters. The number of amides is 1. The van der Waals surface area contributed by atoms with Crippen LogP contribution in [0.4, 0.5) is 0 Å². The number of aliphatic hydroxyl groups is 1. The zero-order chi connectivity index (χ0) is 15.7. The van der Waals surface area contributed by atoms with E-state index < -0.39 is 0 Å². The van der Waals surface area contributed by atoms with Crippen molar-refractivity contribution in [1.82, 2.24) is 15.5 Å². The largest absolute Gasteiger partial charge is 0.425 e. The Morgan fingerprint density at radius 3 is 2.82 bits per heavy atom. The van der Waals surface area contributed by atoms with E-state index in [1.54, 1.807) is 0 Å². The molecule has 0 spiro atoms. The van der Waals surface area contributed by atoms with Gasteiger partial charge in [0.2, 0.25) is 17.7 Å². The molecule has 122 valence electrons. The third-order valence-corrected chi connectivity index (χ3v) is 5.17. The van der Waals surface area contributed by atoms with Gasteiger partial charge >= 0.3 is 0 Å². The molecule has 0 aromatic carbocycles. The lowest BCUT2D eigenvalue weighted by Gasteiger charge is -2.30. The molecule has 22 heavy (non-hydrogen) atoms. The van der Waals surface area contributed by atoms with Crippen molar-refractivity contribution in [3.63, 3.8) is 0 Å². The van der Waals surface area contributed by atoms with E-state index in [0.29, 0.717) is 36.5 Å². The number of nitrogens with zero attached hydrogens (tertiary/aromatic N) is 2. The number of hydrogen-bond donors (Lipinski definition) is 2. The standard InChI is InChI=1S/C16H25N3O3/c1-9(2)16-19-18-14(22-16)6-5-13(21)17-15-11-4-3-10(7-11)12(15)8-20/h9-12,15,20H,3-8H2,1-2H3,(H,17,21). The molecule has 1 amide bonds. The summed E-state index contributed by atoms with van der Waals surface area (Å²) in [6, 6.07) is 0.144. The van der Waals surface area contributed by atoms with E-state index in [2.05, 4.69) is 15.5 Å². The maximum absolute atomic E-state index is 12.2. The molecular formula is C16H25N3O3. The van der Waals surface area contributed by atoms with Gasteiger partial charge in [0, 0.05) is 37.3 Å². The molecule has 2 aliphatic carbocycles. The average molecular weight is 307 g/mol. The summed E-state index contributed by atoms with van der Waals surface area (Å²) in [5, 5.41) is 20.6. The summed E-state index contributed by atoms with van der Waals surface area (Å²) in [6.45, 7) is 4.16. The average Bonchev–Trinajstić information content (AvgIpc) is 3.20. The molecule has 2 N–H and O–H groups in total. The number of hydrogen-bond acceptors (Lipinski definition) is 5. The van der Waals surface area contributed by atoms with Crippen LogP contribution in [0.3, 0.4) is 0 Å². The van der Waals surface area contributed by atoms with Crippen molar-refractivity contribution in [2.75, 3.05) is 6.61 Å². The van der Waals surface area contributed by atoms with Crippen LogP contribution in [0.15, 0.2) is 4.42 Å². The molecule has 3 rings (SSSR count). The third kappa shape index (κ3) is 3.02. The minimum atomic E-state index is 0.0142. The molecule has 4 unspecified atom stereocenters. The smallest absolute Gasteiger partial charge is 0.220 e. The maximum atomic E-state index is 12.2. The summed E-state index contributed by atoms with van der Waals surface area (Å²) in [6.07, 6.45) is 4.34. The number of rotatable bonds is 6. The Balaban J connectivity index is 1.50. The first-order chi connectivity index (χ1) is 10.6. The predicted octanol–water partition coefficient (Wildman–Crippen LogP) is 1.65. The fourth-order valence-corrected chi connectivity index (χ4v) is 3.98. The van der Waals surface area contributed by atoms with Gasteiger partial charge in [0.15, 0.2) is 0 Å². The summed E-state index contributed by atoms with van der Waals surface area (Å²) in [4.78, 5) is 12.2. The molecule has 1 heterocycles. The number of aliphatic hydroxyl groups excluding tert-OH is 1. The number of aromatic nitrogens is 2. The van der Waals surface area contributed by atoms with E-state index in [1.807, 2.05) is 13.8 Å². The van der Waals surface area contributed by atoms with Crippen molar-refractivity contribution in [3.8, 4) is 0 Å². The Hall–Kier alpha value is -1.43. The number of carbonyl (C=O) groups excluding carboxylic acids is 1. The van der Waals surface area contributed by atoms with Gasteiger partial charge in [-0.2, -0.15) is 0 Å². The van der Waals surface area contributed by atoms with Crippen molar-refractivity contribution in [2.24, 2.45) is 17.8 Å². The summed E-state index contributed by atoms with van der Waals surface area (Å²) in [5.74, 6) is 2.72. The lowest BCUT2D eigenvalue weighted by atomic mass is 9.85. The first-order valence-electron chi connectivity index (χ1n) is 8.31. The Kier molecular flexibility index (Phi) is 4.47. The quantitative estimate of drug-likeness (QED) is 0.834. The van der Waals surface area contributed by atoms with Gasteiger partial charge in [-0.25, -0.2) is 0 Å². The molecular weight excluding hydrogens is 282 g/mol. The highest BCUT2D eigenvalue weighted by molar-refractivity contribution is 5.76. The van der Waals surface area contributed by atoms with Crippen LogP contribution in [-0.4, -0.2) is 33.9 Å². The van der Waals surface area contributed by atoms with E-state index >= 15 is 0 Å². The van der Waals surface area contributed by atoms with Crippen LogP contribution in [0.5, 0.6) is 0 Å². The molecule has 2 aliphatic rings. The van der Waals surface area contributed by atoms with Crippen LogP contribution < -0.4 is 5.32 Å². The first-order valence-corrected chi connectivity index (χ1v) is 8.31. The molecule has 0 saturated heterocycles. The summed E-state index contributed by atoms with van der Waals surface area (Å²) >= 11 is 0. The fourth-order valence-electron chi connectivity index (χ4n) is 3.98. The van der Waals surface area contributed by atoms with E-state index in [-0.39, 0.29) is 30.4 Å². The summed E-state index contributed by atoms with van der Waals surface area (Å²) in [5.41, 5.74) is 0. The van der Waals surface area contributed by atoms with Crippen molar-refractivity contribution in [1.29, 1.82) is 0 Å². The van der Waals surface area contributed by atoms with Gasteiger partial charge in [0.25, 0.3) is 0 Å². The van der Waals surface area contributed by atoms with Crippen LogP contribution >= 0.6 is 0 Å². The zero-order valence-electron chi connectivity index (χ0n) is 13.3. The van der Waals surface area contributed by atoms with Gasteiger partial charge in [-0.1, -0.05) is 13.8 Å². The molecule has 2 bridgehead atoms. The van der Waals surface area contributed by atoms with Crippen LogP contribution in [-0.2, 0) is 11.2 Å². The van der Waals surface area contributed by atoms with Gasteiger partial charge in [0.05, 0.1) is 0 Å². The molecule has 6 nitrogen and oxygen atoms in total. The van der Waals surface area contributed by atoms with Crippen LogP contribution in [0.2, 0.25) is 0 Å². The minimum absolute atomic E-state index is 0.0142. The molecule has 1 aromatic rings. The van der Waals surface area contributed by atoms with E-state index in [1.165, 1.54) is 12.8 Å². The van der Waals surface area contributed by atoms with E-state index in [4.69, 9.17) is 4.42 Å². The highest BCUT2D eigenvalue weighted by Gasteiger charge is 2.47. The Bertz CT molecular complexity index is 528. The number of fused-ring (bicyclic) bond motifs is 2. The fraction of sp³-hybridized carbons (Fsp3) is 0.812. The van der Waals surface area contributed by atoms with Crippen molar-refractivity contribution in [2.45, 2.75) is 57.9 Å². The lowest BCUT2D eigenvalue weighted by Crippen LogP contribution is -2.45. The second-order valence-corrected chi connectivity index (χ2v) is 6.96. The second kappa shape index (κ2) is 6.36. The van der Waals surface area contributed by atoms with Gasteiger partial charge in [-0.15, -0.1) is 10.2 Å². The van der Waals surface area contributed by atoms with E-state index in [0.717, 1.165) is 6.42 Å². The highest BCUT2D eigenvalue weighted by atomic mass is 16.4. The lowest BCUT2D eigenvalue weighted by molar-refractivity contribution is -0.122. The van der Waals surface area contributed by atoms with Crippen molar-refractivity contribution < 1.29 is 14.3 Å². The van der Waals surface area contributed by atoms with Crippen LogP contribution in [0, 0.1) is 17.8 Å². The van der Waals surface area contributed by atoms with Crippen LogP contribution in [0.25, 0.3) is 0 Å². The van der Waals surface area contributed by atoms with Crippen molar-refractivity contribution >= 4 is 5.91 Å². The first kappa shape index (κ1) is 15.5. The molecule has 2 fully saturated rings. The van der Waals surface area contributed by atoms with E-state index in [9.17, 15) is 9.90 Å². The topological polar surface area (TPSA) is 88.2 Å². The Morgan fingerprint density at radius 1 is 1.36 bits per heavy atom. The van der Waals surface area contributed by atoms with Gasteiger partial charge < -0.3 is 14.8 Å². The molecule has 1 aromatic heterocycles. The zero-order valence-corrected chi connectivity index (χ0v) is 13.3. The Morgan fingerprint density at radius 2 is 2.14 bits per heavy atom. The summed E-state index contributed by atoms with van der Waals surface area (Å²) in [7, 11) is 0. The number of carbonyl (C=O) groups is 1. The van der Waals surface area contributed by atoms with Crippen molar-refractivity contribution in [3.05, 3.63) is 11.8 Å².